The first kappa shape index (κ1) is 27.9. The van der Waals surface area contributed by atoms with Crippen molar-refractivity contribution in [3.8, 4) is 22.9 Å². The molecule has 0 bridgehead atoms. The van der Waals surface area contributed by atoms with Crippen molar-refractivity contribution in [1.82, 2.24) is 29.3 Å². The number of fused-ring (bicyclic) bond motifs is 1. The lowest BCUT2D eigenvalue weighted by Crippen LogP contribution is -2.47. The summed E-state index contributed by atoms with van der Waals surface area (Å²) in [6.07, 6.45) is 5.57. The average molecular weight is 566 g/mol. The second-order valence-corrected chi connectivity index (χ2v) is 10.4. The van der Waals surface area contributed by atoms with Gasteiger partial charge in [0.1, 0.15) is 17.6 Å². The molecular weight excluding hydrogens is 530 g/mol. The number of hydrogen-bond donors (Lipinski definition) is 2. The lowest BCUT2D eigenvalue weighted by atomic mass is 9.98. The van der Waals surface area contributed by atoms with E-state index in [1.165, 1.54) is 19.2 Å². The van der Waals surface area contributed by atoms with Crippen molar-refractivity contribution >= 4 is 29.4 Å². The Labute approximate surface area is 239 Å². The average Bonchev–Trinajstić information content (AvgIpc) is 3.28. The number of halogens is 1. The molecule has 0 spiro atoms. The van der Waals surface area contributed by atoms with Crippen LogP contribution in [0.25, 0.3) is 16.9 Å². The van der Waals surface area contributed by atoms with Gasteiger partial charge in [-0.15, -0.1) is 12.4 Å². The molecule has 40 heavy (non-hydrogen) atoms. The number of nitrogens with two attached hydrogens (primary N) is 1. The van der Waals surface area contributed by atoms with Gasteiger partial charge in [0.25, 0.3) is 0 Å². The van der Waals surface area contributed by atoms with Gasteiger partial charge in [0.05, 0.1) is 12.8 Å². The van der Waals surface area contributed by atoms with Crippen LogP contribution in [0, 0.1) is 6.92 Å². The predicted molar refractivity (Wildman–Crippen MR) is 158 cm³/mol. The van der Waals surface area contributed by atoms with E-state index in [1.54, 1.807) is 23.8 Å². The number of aryl methyl sites for hydroxylation is 1. The molecule has 2 saturated heterocycles. The number of nitrogen functional groups attached to an aromatic ring is 1. The highest BCUT2D eigenvalue weighted by molar-refractivity contribution is 5.85. The van der Waals surface area contributed by atoms with Crippen LogP contribution in [-0.4, -0.2) is 63.3 Å². The number of ether oxygens (including phenoxy) is 2. The molecule has 2 aromatic heterocycles. The predicted octanol–water partition coefficient (Wildman–Crippen LogP) is 4.08. The standard InChI is InChI=1S/C29H35N7O3.ClH/c1-19-3-6-23(7-4-19)39-24-8-5-22(17-25(24)38-2)35-26-27(30)32-18-33-28(26)36(29(35)37)21-11-15-34(16-12-21)20-9-13-31-14-10-20;/h3-8,17-18,20-21,31H,9-16H2,1-2H3,(H2,30,32,33);1H. The number of piperidine rings is 2. The molecule has 0 aliphatic carbocycles. The van der Waals surface area contributed by atoms with E-state index >= 15 is 0 Å². The molecule has 0 saturated carbocycles. The van der Waals surface area contributed by atoms with Crippen LogP contribution in [0.2, 0.25) is 0 Å². The molecule has 212 valence electrons. The number of methoxy groups -OCH3 is 1. The smallest absolute Gasteiger partial charge is 0.335 e. The van der Waals surface area contributed by atoms with Crippen LogP contribution in [-0.2, 0) is 0 Å². The second-order valence-electron chi connectivity index (χ2n) is 10.4. The number of imidazole rings is 1. The summed E-state index contributed by atoms with van der Waals surface area (Å²) in [7, 11) is 1.58. The Morgan fingerprint density at radius 3 is 2.38 bits per heavy atom. The molecule has 0 unspecified atom stereocenters. The first-order chi connectivity index (χ1) is 19.0. The number of aromatic nitrogens is 4. The number of rotatable bonds is 6. The van der Waals surface area contributed by atoms with Gasteiger partial charge in [0.15, 0.2) is 23.0 Å². The Hall–Kier alpha value is -3.60. The Bertz CT molecular complexity index is 1520. The number of hydrogen-bond acceptors (Lipinski definition) is 8. The van der Waals surface area contributed by atoms with Gasteiger partial charge in [-0.2, -0.15) is 0 Å². The highest BCUT2D eigenvalue weighted by atomic mass is 35.5. The van der Waals surface area contributed by atoms with Crippen molar-refractivity contribution in [2.24, 2.45) is 0 Å². The summed E-state index contributed by atoms with van der Waals surface area (Å²) >= 11 is 0. The van der Waals surface area contributed by atoms with Crippen molar-refractivity contribution in [2.75, 3.05) is 39.0 Å². The molecule has 11 heteroatoms. The van der Waals surface area contributed by atoms with E-state index in [0.29, 0.717) is 40.1 Å². The molecule has 0 radical (unpaired) electrons. The number of likely N-dealkylation sites (tertiary alicyclic amines) is 1. The van der Waals surface area contributed by atoms with Gasteiger partial charge >= 0.3 is 5.69 Å². The Morgan fingerprint density at radius 1 is 0.950 bits per heavy atom. The molecule has 2 aromatic carbocycles. The molecule has 6 rings (SSSR count). The fraction of sp³-hybridized carbons (Fsp3) is 0.414. The maximum atomic E-state index is 14.0. The van der Waals surface area contributed by atoms with Crippen molar-refractivity contribution in [3.05, 3.63) is 64.8 Å². The normalized spacial score (nSPS) is 17.1. The Kier molecular flexibility index (Phi) is 8.30. The molecule has 3 N–H and O–H groups in total. The van der Waals surface area contributed by atoms with Crippen molar-refractivity contribution in [1.29, 1.82) is 0 Å². The van der Waals surface area contributed by atoms with E-state index in [0.717, 1.165) is 44.6 Å². The van der Waals surface area contributed by atoms with Gasteiger partial charge in [-0.25, -0.2) is 14.8 Å². The highest BCUT2D eigenvalue weighted by Gasteiger charge is 2.30. The third-order valence-corrected chi connectivity index (χ3v) is 8.02. The summed E-state index contributed by atoms with van der Waals surface area (Å²) in [6.45, 7) is 6.11. The number of nitrogens with one attached hydrogen (secondary N) is 1. The van der Waals surface area contributed by atoms with Crippen LogP contribution >= 0.6 is 12.4 Å². The largest absolute Gasteiger partial charge is 0.493 e. The molecule has 0 amide bonds. The first-order valence-corrected chi connectivity index (χ1v) is 13.6. The lowest BCUT2D eigenvalue weighted by molar-refractivity contribution is 0.113. The molecule has 4 heterocycles. The minimum absolute atomic E-state index is 0. The Morgan fingerprint density at radius 2 is 1.68 bits per heavy atom. The van der Waals surface area contributed by atoms with Crippen LogP contribution in [0.5, 0.6) is 17.2 Å². The third-order valence-electron chi connectivity index (χ3n) is 8.02. The summed E-state index contributed by atoms with van der Waals surface area (Å²) in [4.78, 5) is 25.4. The zero-order valence-electron chi connectivity index (χ0n) is 22.9. The van der Waals surface area contributed by atoms with Crippen LogP contribution in [0.4, 0.5) is 5.82 Å². The van der Waals surface area contributed by atoms with Crippen LogP contribution < -0.4 is 26.2 Å². The molecule has 4 aromatic rings. The van der Waals surface area contributed by atoms with E-state index in [9.17, 15) is 4.79 Å². The van der Waals surface area contributed by atoms with E-state index in [2.05, 4.69) is 20.2 Å². The zero-order valence-corrected chi connectivity index (χ0v) is 23.7. The van der Waals surface area contributed by atoms with Crippen LogP contribution in [0.15, 0.2) is 53.6 Å². The monoisotopic (exact) mass is 565 g/mol. The summed E-state index contributed by atoms with van der Waals surface area (Å²) in [5.74, 6) is 2.03. The Balaban J connectivity index is 0.00000323. The zero-order chi connectivity index (χ0) is 26.9. The van der Waals surface area contributed by atoms with Gasteiger partial charge in [0.2, 0.25) is 0 Å². The molecule has 2 aliphatic rings. The molecule has 0 atom stereocenters. The number of benzene rings is 2. The first-order valence-electron chi connectivity index (χ1n) is 13.6. The molecular formula is C29H36ClN7O3. The maximum absolute atomic E-state index is 14.0. The number of nitrogens with zero attached hydrogens (tertiary/aromatic N) is 5. The van der Waals surface area contributed by atoms with E-state index in [4.69, 9.17) is 15.2 Å². The number of anilines is 1. The van der Waals surface area contributed by atoms with Gasteiger partial charge in [-0.1, -0.05) is 17.7 Å². The minimum atomic E-state index is -0.174. The van der Waals surface area contributed by atoms with Crippen molar-refractivity contribution in [2.45, 2.75) is 44.7 Å². The van der Waals surface area contributed by atoms with E-state index in [-0.39, 0.29) is 30.0 Å². The SMILES string of the molecule is COc1cc(-n2c(=O)n(C3CCN(C4CCNCC4)CC3)c3ncnc(N)c32)ccc1Oc1ccc(C)cc1.Cl. The lowest BCUT2D eigenvalue weighted by Gasteiger charge is -2.39. The summed E-state index contributed by atoms with van der Waals surface area (Å²) in [5.41, 5.74) is 9.01. The minimum Gasteiger partial charge on any atom is -0.493 e. The van der Waals surface area contributed by atoms with Crippen LogP contribution in [0.3, 0.4) is 0 Å². The molecule has 2 fully saturated rings. The summed E-state index contributed by atoms with van der Waals surface area (Å²) in [6, 6.07) is 13.9. The van der Waals surface area contributed by atoms with Crippen molar-refractivity contribution in [3.63, 3.8) is 0 Å². The molecule has 2 aliphatic heterocycles. The van der Waals surface area contributed by atoms with Gasteiger partial charge < -0.3 is 25.4 Å². The highest BCUT2D eigenvalue weighted by Crippen LogP contribution is 2.35. The van der Waals surface area contributed by atoms with Crippen LogP contribution in [0.1, 0.15) is 37.3 Å². The van der Waals surface area contributed by atoms with E-state index < -0.39 is 0 Å². The van der Waals surface area contributed by atoms with E-state index in [1.807, 2.05) is 41.8 Å². The quantitative estimate of drug-likeness (QED) is 0.359. The van der Waals surface area contributed by atoms with Gasteiger partial charge in [0, 0.05) is 31.2 Å². The fourth-order valence-electron chi connectivity index (χ4n) is 5.93. The summed E-state index contributed by atoms with van der Waals surface area (Å²) < 4.78 is 15.1. The third kappa shape index (κ3) is 5.26. The topological polar surface area (TPSA) is 112 Å². The maximum Gasteiger partial charge on any atom is 0.335 e. The van der Waals surface area contributed by atoms with Gasteiger partial charge in [-0.05, 0) is 70.0 Å². The molecule has 10 nitrogen and oxygen atoms in total. The summed E-state index contributed by atoms with van der Waals surface area (Å²) in [5, 5.41) is 3.45. The fourth-order valence-corrected chi connectivity index (χ4v) is 5.93. The van der Waals surface area contributed by atoms with Gasteiger partial charge in [-0.3, -0.25) is 9.13 Å². The second kappa shape index (κ2) is 11.9. The van der Waals surface area contributed by atoms with Crippen molar-refractivity contribution < 1.29 is 9.47 Å².